The second-order valence-corrected chi connectivity index (χ2v) is 10.5. The smallest absolute Gasteiger partial charge is 0.210 e. The van der Waals surface area contributed by atoms with Crippen molar-refractivity contribution in [3.63, 3.8) is 0 Å². The van der Waals surface area contributed by atoms with Crippen LogP contribution < -0.4 is 10.9 Å². The number of nitrogens with zero attached hydrogens (tertiary/aromatic N) is 2. The van der Waals surface area contributed by atoms with Crippen molar-refractivity contribution in [2.45, 2.75) is 74.7 Å². The first-order valence-electron chi connectivity index (χ1n) is 11.8. The number of likely N-dealkylation sites (tertiary alicyclic amines) is 1. The van der Waals surface area contributed by atoms with Gasteiger partial charge in [0.25, 0.3) is 0 Å². The molecule has 34 heavy (non-hydrogen) atoms. The molecule has 0 unspecified atom stereocenters. The summed E-state index contributed by atoms with van der Waals surface area (Å²) in [5.74, 6) is 2.25. The average molecular weight is 519 g/mol. The number of allylic oxidation sites excluding steroid dienone is 3. The molecule has 1 heterocycles. The van der Waals surface area contributed by atoms with Crippen LogP contribution >= 0.6 is 11.6 Å². The van der Waals surface area contributed by atoms with Gasteiger partial charge in [0.15, 0.2) is 0 Å². The highest BCUT2D eigenvalue weighted by molar-refractivity contribution is 7.88. The molecule has 200 valence electrons. The topological polar surface area (TPSA) is 64.7 Å². The van der Waals surface area contributed by atoms with Crippen LogP contribution in [0.25, 0.3) is 0 Å². The molecule has 1 fully saturated rings. The molecule has 0 aromatic heterocycles. The fraction of sp³-hybridized carbons (Fsp3) is 0.692. The Morgan fingerprint density at radius 2 is 1.68 bits per heavy atom. The molecule has 1 saturated heterocycles. The SMILES string of the molecule is C#CC.C#CNNCC/C=C(Cl)\C=C(/C)N1CCCC(C)(C)C1.CC.CC.CN(C)S(C)(=O)=O. The number of hydrogen-bond acceptors (Lipinski definition) is 5. The summed E-state index contributed by atoms with van der Waals surface area (Å²) in [7, 11) is 0.0833. The average Bonchev–Trinajstić information content (AvgIpc) is 2.76. The molecule has 0 saturated carbocycles. The zero-order valence-electron chi connectivity index (χ0n) is 23.5. The minimum absolute atomic E-state index is 0.397. The van der Waals surface area contributed by atoms with Gasteiger partial charge in [0, 0.05) is 50.5 Å². The number of sulfonamides is 1. The second kappa shape index (κ2) is 24.5. The van der Waals surface area contributed by atoms with Crippen molar-refractivity contribution in [3.05, 3.63) is 22.9 Å². The number of rotatable bonds is 7. The summed E-state index contributed by atoms with van der Waals surface area (Å²) in [5.41, 5.74) is 7.14. The zero-order valence-corrected chi connectivity index (χ0v) is 25.1. The number of nitrogens with one attached hydrogen (secondary N) is 2. The Hall–Kier alpha value is -1.64. The predicted molar refractivity (Wildman–Crippen MR) is 153 cm³/mol. The summed E-state index contributed by atoms with van der Waals surface area (Å²) in [4.78, 5) is 2.43. The van der Waals surface area contributed by atoms with Crippen LogP contribution in [0.2, 0.25) is 0 Å². The van der Waals surface area contributed by atoms with Crippen LogP contribution in [0.15, 0.2) is 22.9 Å². The van der Waals surface area contributed by atoms with E-state index in [0.29, 0.717) is 5.41 Å². The molecule has 0 spiro atoms. The van der Waals surface area contributed by atoms with Crippen LogP contribution in [0.1, 0.15) is 74.7 Å². The summed E-state index contributed by atoms with van der Waals surface area (Å²) in [6.45, 7) is 19.4. The molecular formula is C26H51ClN4O2S. The molecule has 0 aromatic carbocycles. The van der Waals surface area contributed by atoms with Gasteiger partial charge in [0.2, 0.25) is 10.0 Å². The quantitative estimate of drug-likeness (QED) is 0.155. The van der Waals surface area contributed by atoms with Crippen molar-refractivity contribution in [2.24, 2.45) is 5.41 Å². The van der Waals surface area contributed by atoms with E-state index in [9.17, 15) is 8.42 Å². The van der Waals surface area contributed by atoms with Gasteiger partial charge >= 0.3 is 0 Å². The summed E-state index contributed by atoms with van der Waals surface area (Å²) >= 11 is 6.25. The van der Waals surface area contributed by atoms with Crippen LogP contribution in [0.3, 0.4) is 0 Å². The van der Waals surface area contributed by atoms with Gasteiger partial charge in [-0.2, -0.15) is 0 Å². The Bertz CT molecular complexity index is 731. The Morgan fingerprint density at radius 3 is 2.06 bits per heavy atom. The summed E-state index contributed by atoms with van der Waals surface area (Å²) < 4.78 is 21.7. The van der Waals surface area contributed by atoms with Gasteiger partial charge in [0.05, 0.1) is 6.26 Å². The van der Waals surface area contributed by atoms with E-state index in [-0.39, 0.29) is 0 Å². The van der Waals surface area contributed by atoms with Crippen molar-refractivity contribution < 1.29 is 8.42 Å². The van der Waals surface area contributed by atoms with Crippen LogP contribution in [0, 0.1) is 30.2 Å². The highest BCUT2D eigenvalue weighted by atomic mass is 35.5. The predicted octanol–water partition coefficient (Wildman–Crippen LogP) is 5.41. The molecule has 0 bridgehead atoms. The van der Waals surface area contributed by atoms with Crippen molar-refractivity contribution >= 4 is 21.6 Å². The molecule has 6 nitrogen and oxygen atoms in total. The van der Waals surface area contributed by atoms with Crippen LogP contribution in [-0.4, -0.2) is 57.6 Å². The monoisotopic (exact) mass is 518 g/mol. The lowest BCUT2D eigenvalue weighted by molar-refractivity contribution is 0.149. The fourth-order valence-corrected chi connectivity index (χ4v) is 2.74. The number of hydrazine groups is 1. The Morgan fingerprint density at radius 1 is 1.21 bits per heavy atom. The molecule has 1 rings (SSSR count). The molecular weight excluding hydrogens is 468 g/mol. The lowest BCUT2D eigenvalue weighted by atomic mass is 9.84. The molecule has 0 radical (unpaired) electrons. The van der Waals surface area contributed by atoms with Gasteiger partial charge in [-0.25, -0.2) is 18.1 Å². The van der Waals surface area contributed by atoms with E-state index >= 15 is 0 Å². The van der Waals surface area contributed by atoms with E-state index in [1.165, 1.54) is 32.6 Å². The van der Waals surface area contributed by atoms with Gasteiger partial charge in [-0.1, -0.05) is 65.6 Å². The van der Waals surface area contributed by atoms with Crippen LogP contribution in [0.5, 0.6) is 0 Å². The van der Waals surface area contributed by atoms with Crippen molar-refractivity contribution in [1.82, 2.24) is 20.1 Å². The highest BCUT2D eigenvalue weighted by Gasteiger charge is 2.26. The zero-order chi connectivity index (χ0) is 27.8. The van der Waals surface area contributed by atoms with E-state index in [1.807, 2.05) is 33.8 Å². The normalized spacial score (nSPS) is 14.7. The number of hydrogen-bond donors (Lipinski definition) is 2. The first-order chi connectivity index (χ1) is 15.8. The number of piperidine rings is 1. The first-order valence-corrected chi connectivity index (χ1v) is 14.0. The standard InChI is InChI=1S/C16H26ClN3.C3H9NO2S.C3H4.2C2H6/c1-5-18-19-10-6-8-15(17)12-14(2)20-11-7-9-16(3,4)13-20;1-4(2)7(3,5)6;1-3-2;2*1-2/h1,8,12,18-19H,6-7,9-11,13H2,2-4H3;1-3H3;1H,2H3;2*1-2H3/b14-12+,15-8+;;;;. The Kier molecular flexibility index (Phi) is 28.5. The Balaban J connectivity index is -0.000000267. The van der Waals surface area contributed by atoms with E-state index in [0.717, 1.165) is 41.6 Å². The first kappa shape index (κ1) is 39.6. The third-order valence-corrected chi connectivity index (χ3v) is 5.77. The van der Waals surface area contributed by atoms with Crippen molar-refractivity contribution in [3.8, 4) is 24.8 Å². The Labute approximate surface area is 217 Å². The van der Waals surface area contributed by atoms with Gasteiger partial charge in [-0.15, -0.1) is 12.3 Å². The molecule has 0 aliphatic carbocycles. The minimum atomic E-state index is -2.91. The summed E-state index contributed by atoms with van der Waals surface area (Å²) in [5, 5.41) is 0.786. The van der Waals surface area contributed by atoms with Gasteiger partial charge in [0.1, 0.15) is 0 Å². The number of halogens is 1. The third-order valence-electron chi connectivity index (χ3n) is 4.18. The lowest BCUT2D eigenvalue weighted by Crippen LogP contribution is -2.38. The van der Waals surface area contributed by atoms with Crippen molar-refractivity contribution in [2.75, 3.05) is 40.0 Å². The van der Waals surface area contributed by atoms with Gasteiger partial charge < -0.3 is 4.90 Å². The molecule has 1 aliphatic rings. The third kappa shape index (κ3) is 26.6. The highest BCUT2D eigenvalue weighted by Crippen LogP contribution is 2.30. The minimum Gasteiger partial charge on any atom is -0.374 e. The van der Waals surface area contributed by atoms with E-state index < -0.39 is 10.0 Å². The maximum absolute atomic E-state index is 10.3. The van der Waals surface area contributed by atoms with E-state index in [1.54, 1.807) is 6.92 Å². The van der Waals surface area contributed by atoms with E-state index in [2.05, 4.69) is 61.0 Å². The second-order valence-electron chi connectivity index (χ2n) is 7.88. The molecule has 2 N–H and O–H groups in total. The number of terminal acetylenes is 2. The molecule has 0 aromatic rings. The maximum atomic E-state index is 10.3. The molecule has 1 aliphatic heterocycles. The van der Waals surface area contributed by atoms with Gasteiger partial charge in [-0.3, -0.25) is 5.43 Å². The van der Waals surface area contributed by atoms with Gasteiger partial charge in [-0.05, 0) is 44.6 Å². The largest absolute Gasteiger partial charge is 0.374 e. The maximum Gasteiger partial charge on any atom is 0.210 e. The molecule has 0 amide bonds. The van der Waals surface area contributed by atoms with Crippen LogP contribution in [-0.2, 0) is 10.0 Å². The lowest BCUT2D eigenvalue weighted by Gasteiger charge is -2.39. The summed E-state index contributed by atoms with van der Waals surface area (Å²) in [6.07, 6.45) is 18.3. The molecule has 8 heteroatoms. The molecule has 0 atom stereocenters. The van der Waals surface area contributed by atoms with E-state index in [4.69, 9.17) is 18.0 Å². The summed E-state index contributed by atoms with van der Waals surface area (Å²) in [6, 6.07) is 2.31. The van der Waals surface area contributed by atoms with Crippen molar-refractivity contribution in [1.29, 1.82) is 0 Å². The fourth-order valence-electron chi connectivity index (χ4n) is 2.47. The van der Waals surface area contributed by atoms with Crippen LogP contribution in [0.4, 0.5) is 0 Å².